The first-order valence-corrected chi connectivity index (χ1v) is 8.55. The van der Waals surface area contributed by atoms with Crippen LogP contribution < -0.4 is 9.64 Å². The van der Waals surface area contributed by atoms with Crippen LogP contribution in [-0.2, 0) is 20.9 Å². The molecule has 0 aromatic heterocycles. The van der Waals surface area contributed by atoms with Gasteiger partial charge in [-0.1, -0.05) is 42.5 Å². The summed E-state index contributed by atoms with van der Waals surface area (Å²) in [5.41, 5.74) is 1.32. The monoisotopic (exact) mass is 368 g/mol. The van der Waals surface area contributed by atoms with Gasteiger partial charge < -0.3 is 14.7 Å². The van der Waals surface area contributed by atoms with Crippen molar-refractivity contribution in [2.45, 2.75) is 19.5 Å². The van der Waals surface area contributed by atoms with Crippen molar-refractivity contribution < 1.29 is 24.2 Å². The summed E-state index contributed by atoms with van der Waals surface area (Å²) in [7, 11) is 0. The molecule has 2 amide bonds. The molecule has 1 aliphatic rings. The van der Waals surface area contributed by atoms with Crippen molar-refractivity contribution in [3.8, 4) is 5.75 Å². The predicted octanol–water partition coefficient (Wildman–Crippen LogP) is 1.91. The number of nitrogens with zero attached hydrogens (tertiary/aromatic N) is 2. The van der Waals surface area contributed by atoms with E-state index in [-0.39, 0.29) is 25.6 Å². The summed E-state index contributed by atoms with van der Waals surface area (Å²) >= 11 is 0. The average Bonchev–Trinajstić information content (AvgIpc) is 2.68. The largest absolute Gasteiger partial charge is 0.482 e. The van der Waals surface area contributed by atoms with Crippen molar-refractivity contribution in [2.24, 2.45) is 0 Å². The molecule has 0 saturated carbocycles. The third-order valence-corrected chi connectivity index (χ3v) is 4.44. The van der Waals surface area contributed by atoms with Crippen LogP contribution >= 0.6 is 0 Å². The highest BCUT2D eigenvalue weighted by Gasteiger charge is 2.31. The first kappa shape index (κ1) is 18.4. The highest BCUT2D eigenvalue weighted by atomic mass is 16.5. The number of fused-ring (bicyclic) bond motifs is 1. The van der Waals surface area contributed by atoms with Crippen molar-refractivity contribution >= 4 is 23.5 Å². The summed E-state index contributed by atoms with van der Waals surface area (Å²) in [6.45, 7) is 1.20. The summed E-state index contributed by atoms with van der Waals surface area (Å²) in [5, 5.41) is 9.40. The lowest BCUT2D eigenvalue weighted by atomic mass is 10.1. The zero-order chi connectivity index (χ0) is 19.4. The second-order valence-corrected chi connectivity index (χ2v) is 6.26. The predicted molar refractivity (Wildman–Crippen MR) is 98.4 cm³/mol. The van der Waals surface area contributed by atoms with E-state index in [0.29, 0.717) is 11.4 Å². The fourth-order valence-corrected chi connectivity index (χ4v) is 2.91. The Bertz CT molecular complexity index is 852. The van der Waals surface area contributed by atoms with Crippen molar-refractivity contribution in [3.05, 3.63) is 60.2 Å². The molecule has 27 heavy (non-hydrogen) atoms. The lowest BCUT2D eigenvalue weighted by Crippen LogP contribution is -2.50. The van der Waals surface area contributed by atoms with Gasteiger partial charge in [-0.15, -0.1) is 0 Å². The third-order valence-electron chi connectivity index (χ3n) is 4.44. The van der Waals surface area contributed by atoms with E-state index in [4.69, 9.17) is 4.74 Å². The standard InChI is InChI=1S/C20H20N2O5/c1-14(20(25)26)21(11-15-7-3-2-4-8-15)18(23)12-22-16-9-5-6-10-17(16)27-13-19(22)24/h2-10,14H,11-13H2,1H3,(H,25,26). The van der Waals surface area contributed by atoms with Gasteiger partial charge in [0.25, 0.3) is 5.91 Å². The van der Waals surface area contributed by atoms with Crippen LogP contribution in [0.2, 0.25) is 0 Å². The van der Waals surface area contributed by atoms with E-state index in [9.17, 15) is 19.5 Å². The summed E-state index contributed by atoms with van der Waals surface area (Å²) < 4.78 is 5.38. The molecule has 0 saturated heterocycles. The maximum absolute atomic E-state index is 12.9. The van der Waals surface area contributed by atoms with Crippen molar-refractivity contribution in [1.82, 2.24) is 4.90 Å². The first-order chi connectivity index (χ1) is 13.0. The number of carbonyl (C=O) groups excluding carboxylic acids is 2. The molecule has 1 aliphatic heterocycles. The van der Waals surface area contributed by atoms with Crippen LogP contribution in [0, 0.1) is 0 Å². The Morgan fingerprint density at radius 3 is 2.52 bits per heavy atom. The minimum absolute atomic E-state index is 0.146. The number of ether oxygens (including phenoxy) is 1. The molecule has 2 aromatic rings. The number of amides is 2. The zero-order valence-corrected chi connectivity index (χ0v) is 14.9. The normalized spacial score (nSPS) is 14.1. The number of carbonyl (C=O) groups is 3. The van der Waals surface area contributed by atoms with E-state index in [2.05, 4.69) is 0 Å². The number of benzene rings is 2. The number of rotatable bonds is 6. The molecular formula is C20H20N2O5. The van der Waals surface area contributed by atoms with Crippen LogP contribution in [0.1, 0.15) is 12.5 Å². The lowest BCUT2D eigenvalue weighted by Gasteiger charge is -2.32. The van der Waals surface area contributed by atoms with Crippen molar-refractivity contribution in [2.75, 3.05) is 18.1 Å². The summed E-state index contributed by atoms with van der Waals surface area (Å²) in [6, 6.07) is 15.1. The summed E-state index contributed by atoms with van der Waals surface area (Å²) in [5.74, 6) is -1.37. The van der Waals surface area contributed by atoms with Gasteiger partial charge >= 0.3 is 5.97 Å². The van der Waals surface area contributed by atoms with E-state index in [0.717, 1.165) is 5.56 Å². The lowest BCUT2D eigenvalue weighted by molar-refractivity contribution is -0.149. The zero-order valence-electron chi connectivity index (χ0n) is 14.9. The number of carboxylic acid groups (broad SMARTS) is 1. The molecule has 140 valence electrons. The van der Waals surface area contributed by atoms with Gasteiger partial charge in [0, 0.05) is 6.54 Å². The van der Waals surface area contributed by atoms with Gasteiger partial charge in [0.15, 0.2) is 6.61 Å². The Labute approximate surface area is 156 Å². The Hall–Kier alpha value is -3.35. The molecule has 1 N–H and O–H groups in total. The van der Waals surface area contributed by atoms with Crippen molar-refractivity contribution in [3.63, 3.8) is 0 Å². The fraction of sp³-hybridized carbons (Fsp3) is 0.250. The Kier molecular flexibility index (Phi) is 5.40. The maximum atomic E-state index is 12.9. The van der Waals surface area contributed by atoms with Crippen LogP contribution in [0.15, 0.2) is 54.6 Å². The number of aliphatic carboxylic acids is 1. The van der Waals surface area contributed by atoms with E-state index >= 15 is 0 Å². The molecule has 3 rings (SSSR count). The number of carboxylic acids is 1. The molecule has 7 nitrogen and oxygen atoms in total. The molecule has 1 heterocycles. The number of hydrogen-bond acceptors (Lipinski definition) is 4. The van der Waals surface area contributed by atoms with Gasteiger partial charge in [0.05, 0.1) is 5.69 Å². The van der Waals surface area contributed by atoms with E-state index < -0.39 is 17.9 Å². The first-order valence-electron chi connectivity index (χ1n) is 8.55. The Morgan fingerprint density at radius 1 is 1.15 bits per heavy atom. The summed E-state index contributed by atoms with van der Waals surface area (Å²) in [6.07, 6.45) is 0. The van der Waals surface area contributed by atoms with E-state index in [1.165, 1.54) is 16.7 Å². The van der Waals surface area contributed by atoms with Crippen LogP contribution in [0.3, 0.4) is 0 Å². The number of anilines is 1. The molecule has 1 unspecified atom stereocenters. The SMILES string of the molecule is CC(C(=O)O)N(Cc1ccccc1)C(=O)CN1C(=O)COc2ccccc21. The molecule has 0 radical (unpaired) electrons. The van der Waals surface area contributed by atoms with Gasteiger partial charge in [-0.05, 0) is 24.6 Å². The average molecular weight is 368 g/mol. The molecule has 0 aliphatic carbocycles. The van der Waals surface area contributed by atoms with Gasteiger partial charge in [0.2, 0.25) is 5.91 Å². The maximum Gasteiger partial charge on any atom is 0.326 e. The van der Waals surface area contributed by atoms with Crippen molar-refractivity contribution in [1.29, 1.82) is 0 Å². The van der Waals surface area contributed by atoms with E-state index in [1.54, 1.807) is 24.3 Å². The van der Waals surface area contributed by atoms with Crippen LogP contribution in [-0.4, -0.2) is 47.0 Å². The molecule has 0 spiro atoms. The van der Waals surface area contributed by atoms with Crippen LogP contribution in [0.4, 0.5) is 5.69 Å². The van der Waals surface area contributed by atoms with Gasteiger partial charge in [-0.2, -0.15) is 0 Å². The highest BCUT2D eigenvalue weighted by Crippen LogP contribution is 2.31. The summed E-state index contributed by atoms with van der Waals surface area (Å²) in [4.78, 5) is 39.3. The molecular weight excluding hydrogens is 348 g/mol. The minimum Gasteiger partial charge on any atom is -0.482 e. The molecule has 7 heteroatoms. The van der Waals surface area contributed by atoms with Crippen LogP contribution in [0.5, 0.6) is 5.75 Å². The molecule has 1 atom stereocenters. The molecule has 0 bridgehead atoms. The number of para-hydroxylation sites is 2. The van der Waals surface area contributed by atoms with Crippen LogP contribution in [0.25, 0.3) is 0 Å². The fourth-order valence-electron chi connectivity index (χ4n) is 2.91. The minimum atomic E-state index is -1.10. The smallest absolute Gasteiger partial charge is 0.326 e. The van der Waals surface area contributed by atoms with Gasteiger partial charge in [0.1, 0.15) is 18.3 Å². The Morgan fingerprint density at radius 2 is 1.81 bits per heavy atom. The third kappa shape index (κ3) is 4.08. The molecule has 0 fully saturated rings. The topological polar surface area (TPSA) is 87.2 Å². The second kappa shape index (κ2) is 7.90. The quantitative estimate of drug-likeness (QED) is 0.842. The number of hydrogen-bond donors (Lipinski definition) is 1. The second-order valence-electron chi connectivity index (χ2n) is 6.26. The molecule has 2 aromatic carbocycles. The Balaban J connectivity index is 1.84. The van der Waals surface area contributed by atoms with Gasteiger partial charge in [-0.25, -0.2) is 4.79 Å². The van der Waals surface area contributed by atoms with Gasteiger partial charge in [-0.3, -0.25) is 14.5 Å². The van der Waals surface area contributed by atoms with E-state index in [1.807, 2.05) is 30.3 Å². The highest BCUT2D eigenvalue weighted by molar-refractivity contribution is 6.02.